The summed E-state index contributed by atoms with van der Waals surface area (Å²) in [6.45, 7) is 64.3. The van der Waals surface area contributed by atoms with E-state index in [1.807, 2.05) is 0 Å². The molecule has 0 radical (unpaired) electrons. The first kappa shape index (κ1) is 59.1. The van der Waals surface area contributed by atoms with Gasteiger partial charge in [0.25, 0.3) is 0 Å². The molecule has 0 saturated carbocycles. The van der Waals surface area contributed by atoms with Gasteiger partial charge in [-0.2, -0.15) is 27.4 Å². The Hall–Kier alpha value is 0.112. The fourth-order valence-corrected chi connectivity index (χ4v) is 26.2. The summed E-state index contributed by atoms with van der Waals surface area (Å²) in [5.41, 5.74) is 10.9. The maximum atomic E-state index is 2.84. The third-order valence-corrected chi connectivity index (χ3v) is 31.2. The standard InChI is InChI=1S/C48H81Si7.3ClH.Ti/c1-32-33(2)35(4)48(34(32)3)55(45-29-39(49(8,9)10)26-42(36(45)5)52(17,18)19,46-30-40(50(11,12)13)27-43(37(46)6)53(20,21)22)47-31-41(51(14,15)16)28-44(38(47)7)54(23,24)25;;;;/h26-31H,1-25H3;3*1H;/q-1;;;;+4/p-3. The fraction of sp³-hybridized carbons (Fsp3) is 0.521. The van der Waals surface area contributed by atoms with E-state index in [1.165, 1.54) is 11.1 Å². The van der Waals surface area contributed by atoms with Crippen LogP contribution in [0, 0.1) is 48.5 Å². The van der Waals surface area contributed by atoms with E-state index in [1.54, 1.807) is 79.7 Å². The second kappa shape index (κ2) is 19.3. The molecule has 0 N–H and O–H groups in total. The van der Waals surface area contributed by atoms with Crippen molar-refractivity contribution in [1.82, 2.24) is 0 Å². The molecular formula is C48H81Cl3Si7Ti. The molecule has 0 atom stereocenters. The minimum absolute atomic E-state index is 0. The third kappa shape index (κ3) is 11.1. The zero-order valence-corrected chi connectivity index (χ0v) is 52.9. The van der Waals surface area contributed by atoms with Gasteiger partial charge in [0.15, 0.2) is 8.07 Å². The van der Waals surface area contributed by atoms with Crippen LogP contribution in [0.15, 0.2) is 36.4 Å². The van der Waals surface area contributed by atoms with Gasteiger partial charge in [0.2, 0.25) is 0 Å². The Morgan fingerprint density at radius 3 is 0.712 bits per heavy atom. The molecular weight excluding hydrogens is 927 g/mol. The summed E-state index contributed by atoms with van der Waals surface area (Å²) in [6.07, 6.45) is 0. The largest absolute Gasteiger partial charge is 4.00 e. The molecule has 326 valence electrons. The maximum absolute atomic E-state index is 3.06. The molecule has 0 nitrogen and oxygen atoms in total. The van der Waals surface area contributed by atoms with E-state index >= 15 is 0 Å². The van der Waals surface area contributed by atoms with Gasteiger partial charge in [-0.3, -0.25) is 0 Å². The molecule has 0 fully saturated rings. The van der Waals surface area contributed by atoms with Gasteiger partial charge in [-0.25, -0.2) is 0 Å². The molecule has 4 aromatic carbocycles. The Morgan fingerprint density at radius 2 is 0.542 bits per heavy atom. The van der Waals surface area contributed by atoms with Crippen molar-refractivity contribution in [3.63, 3.8) is 0 Å². The number of rotatable bonds is 10. The summed E-state index contributed by atoms with van der Waals surface area (Å²) in [7, 11) is -13.5. The van der Waals surface area contributed by atoms with E-state index in [-0.39, 0.29) is 58.9 Å². The van der Waals surface area contributed by atoms with Crippen molar-refractivity contribution >= 4 is 108 Å². The van der Waals surface area contributed by atoms with Crippen molar-refractivity contribution < 1.29 is 58.9 Å². The Bertz CT molecular complexity index is 1920. The van der Waals surface area contributed by atoms with Gasteiger partial charge in [-0.1, -0.05) is 230 Å². The van der Waals surface area contributed by atoms with Crippen LogP contribution in [0.4, 0.5) is 0 Å². The average molecular weight is 1010 g/mol. The molecule has 0 amide bonds. The van der Waals surface area contributed by atoms with Crippen molar-refractivity contribution in [1.29, 1.82) is 0 Å². The van der Waals surface area contributed by atoms with Crippen LogP contribution in [0.5, 0.6) is 0 Å². The molecule has 4 rings (SSSR count). The van der Waals surface area contributed by atoms with Crippen LogP contribution in [0.2, 0.25) is 118 Å². The Labute approximate surface area is 405 Å². The summed E-state index contributed by atoms with van der Waals surface area (Å²) >= 11 is 0. The zero-order chi connectivity index (χ0) is 42.6. The van der Waals surface area contributed by atoms with E-state index in [9.17, 15) is 0 Å². The van der Waals surface area contributed by atoms with Gasteiger partial charge in [0.05, 0.1) is 48.4 Å². The van der Waals surface area contributed by atoms with Gasteiger partial charge in [0, 0.05) is 0 Å². The summed E-state index contributed by atoms with van der Waals surface area (Å²) in [5, 5.41) is 16.8. The van der Waals surface area contributed by atoms with E-state index in [0.717, 1.165) is 0 Å². The first-order valence-electron chi connectivity index (χ1n) is 21.2. The van der Waals surface area contributed by atoms with Crippen molar-refractivity contribution in [2.75, 3.05) is 0 Å². The van der Waals surface area contributed by atoms with Crippen LogP contribution in [-0.2, 0) is 21.7 Å². The Morgan fingerprint density at radius 1 is 0.322 bits per heavy atom. The van der Waals surface area contributed by atoms with Crippen molar-refractivity contribution in [2.24, 2.45) is 0 Å². The predicted molar refractivity (Wildman–Crippen MR) is 277 cm³/mol. The second-order valence-corrected chi connectivity index (χ2v) is 57.7. The first-order valence-corrected chi connectivity index (χ1v) is 44.2. The molecule has 0 saturated heterocycles. The topological polar surface area (TPSA) is 0 Å². The smallest absolute Gasteiger partial charge is 1.00 e. The molecule has 0 aliphatic rings. The number of hydrogen-bond donors (Lipinski definition) is 0. The molecule has 4 aromatic rings. The fourth-order valence-electron chi connectivity index (χ4n) is 9.57. The Balaban J connectivity index is 0.00000841. The monoisotopic (exact) mass is 1010 g/mol. The minimum atomic E-state index is -3.06. The predicted octanol–water partition coefficient (Wildman–Crippen LogP) is -0.777. The van der Waals surface area contributed by atoms with E-state index in [0.29, 0.717) is 0 Å². The normalized spacial score (nSPS) is 13.0. The molecule has 0 unspecified atom stereocenters. The van der Waals surface area contributed by atoms with Crippen LogP contribution in [-0.4, -0.2) is 56.5 Å². The van der Waals surface area contributed by atoms with Crippen molar-refractivity contribution in [2.45, 2.75) is 166 Å². The second-order valence-electron chi connectivity index (χ2n) is 23.7. The van der Waals surface area contributed by atoms with Gasteiger partial charge in [-0.15, -0.1) is 0 Å². The minimum Gasteiger partial charge on any atom is -1.00 e. The SMILES string of the molecule is Cc1c([Si](C)(C)C)cc([Si](C)(C)C)cc1[Si](c1cc([Si](C)(C)C)cc([Si](C)(C)C)c1C)(c1cc([Si](C)(C)C)cc([Si](C)(C)C)c1C)c1c(C)c(C)c(C)[c-]1C.[Cl-].[Cl-].[Cl-].[Ti+4]. The van der Waals surface area contributed by atoms with Gasteiger partial charge < -0.3 is 37.2 Å². The summed E-state index contributed by atoms with van der Waals surface area (Å²) < 4.78 is 0. The maximum Gasteiger partial charge on any atom is 4.00 e. The molecule has 0 heterocycles. The van der Waals surface area contributed by atoms with Crippen LogP contribution in [0.1, 0.15) is 38.9 Å². The van der Waals surface area contributed by atoms with E-state index in [4.69, 9.17) is 0 Å². The quantitative estimate of drug-likeness (QED) is 0.111. The summed E-state index contributed by atoms with van der Waals surface area (Å²) in [5.74, 6) is 0. The third-order valence-electron chi connectivity index (χ3n) is 13.3. The number of hydrogen-bond acceptors (Lipinski definition) is 0. The molecule has 0 spiro atoms. The van der Waals surface area contributed by atoms with Crippen molar-refractivity contribution in [3.05, 3.63) is 75.3 Å². The summed E-state index contributed by atoms with van der Waals surface area (Å²) in [4.78, 5) is 0. The first-order chi connectivity index (χ1) is 24.5. The molecule has 0 bridgehead atoms. The van der Waals surface area contributed by atoms with E-state index in [2.05, 4.69) is 203 Å². The molecule has 0 aliphatic heterocycles. The molecule has 0 aliphatic carbocycles. The molecule has 59 heavy (non-hydrogen) atoms. The van der Waals surface area contributed by atoms with E-state index < -0.39 is 56.5 Å². The molecule has 0 aromatic heterocycles. The average Bonchev–Trinajstić information content (AvgIpc) is 3.18. The van der Waals surface area contributed by atoms with Crippen molar-refractivity contribution in [3.8, 4) is 0 Å². The summed E-state index contributed by atoms with van der Waals surface area (Å²) in [6, 6.07) is 16.7. The van der Waals surface area contributed by atoms with Crippen LogP contribution in [0.3, 0.4) is 0 Å². The van der Waals surface area contributed by atoms with Crippen LogP contribution in [0.25, 0.3) is 0 Å². The Kier molecular flexibility index (Phi) is 19.3. The number of halogens is 3. The van der Waals surface area contributed by atoms with Gasteiger partial charge in [-0.05, 0) is 36.3 Å². The van der Waals surface area contributed by atoms with Gasteiger partial charge in [0.1, 0.15) is 0 Å². The zero-order valence-electron chi connectivity index (χ0n) is 42.1. The van der Waals surface area contributed by atoms with Gasteiger partial charge >= 0.3 is 21.7 Å². The van der Waals surface area contributed by atoms with Crippen LogP contribution < -0.4 is 89.1 Å². The number of benzene rings is 3. The molecule has 11 heteroatoms. The van der Waals surface area contributed by atoms with Crippen LogP contribution >= 0.6 is 0 Å².